The summed E-state index contributed by atoms with van der Waals surface area (Å²) < 4.78 is 0. The summed E-state index contributed by atoms with van der Waals surface area (Å²) in [5.74, 6) is 0. The average Bonchev–Trinajstić information content (AvgIpc) is 2.25. The number of rotatable bonds is 6. The molecule has 0 aliphatic heterocycles. The third kappa shape index (κ3) is 5.33. The standard InChI is InChI=1S/C15H25NO/c1-14(2,13-8-6-5-7-9-13)12-16-11-10-15(3,4)17/h5-9,16-17H,10-12H2,1-4H3. The molecule has 2 heteroatoms. The molecule has 0 aliphatic rings. The summed E-state index contributed by atoms with van der Waals surface area (Å²) in [6, 6.07) is 10.5. The molecule has 0 atom stereocenters. The Morgan fingerprint density at radius 1 is 1.06 bits per heavy atom. The van der Waals surface area contributed by atoms with Gasteiger partial charge >= 0.3 is 0 Å². The third-order valence-corrected chi connectivity index (χ3v) is 3.04. The van der Waals surface area contributed by atoms with Gasteiger partial charge in [-0.25, -0.2) is 0 Å². The van der Waals surface area contributed by atoms with Gasteiger partial charge in [-0.2, -0.15) is 0 Å². The number of benzene rings is 1. The molecule has 1 aromatic rings. The lowest BCUT2D eigenvalue weighted by atomic mass is 9.84. The van der Waals surface area contributed by atoms with E-state index >= 15 is 0 Å². The summed E-state index contributed by atoms with van der Waals surface area (Å²) >= 11 is 0. The van der Waals surface area contributed by atoms with Crippen LogP contribution in [0.25, 0.3) is 0 Å². The van der Waals surface area contributed by atoms with Crippen molar-refractivity contribution in [3.63, 3.8) is 0 Å². The topological polar surface area (TPSA) is 32.3 Å². The van der Waals surface area contributed by atoms with E-state index in [9.17, 15) is 5.11 Å². The van der Waals surface area contributed by atoms with Crippen molar-refractivity contribution >= 4 is 0 Å². The first-order chi connectivity index (χ1) is 7.81. The number of hydrogen-bond donors (Lipinski definition) is 2. The van der Waals surface area contributed by atoms with Gasteiger partial charge in [0.1, 0.15) is 0 Å². The molecule has 17 heavy (non-hydrogen) atoms. The van der Waals surface area contributed by atoms with Crippen LogP contribution in [-0.2, 0) is 5.41 Å². The van der Waals surface area contributed by atoms with Gasteiger partial charge in [0.15, 0.2) is 0 Å². The molecule has 1 rings (SSSR count). The molecule has 0 heterocycles. The maximum Gasteiger partial charge on any atom is 0.0603 e. The minimum atomic E-state index is -0.579. The van der Waals surface area contributed by atoms with Crippen LogP contribution >= 0.6 is 0 Å². The normalized spacial score (nSPS) is 12.8. The van der Waals surface area contributed by atoms with Gasteiger partial charge in [-0.05, 0) is 32.4 Å². The predicted octanol–water partition coefficient (Wildman–Crippen LogP) is 2.71. The molecule has 0 aliphatic carbocycles. The van der Waals surface area contributed by atoms with E-state index in [4.69, 9.17) is 0 Å². The van der Waals surface area contributed by atoms with Crippen molar-refractivity contribution < 1.29 is 5.11 Å². The fourth-order valence-electron chi connectivity index (χ4n) is 1.79. The highest BCUT2D eigenvalue weighted by Crippen LogP contribution is 2.21. The maximum absolute atomic E-state index is 9.62. The molecule has 0 fully saturated rings. The Kier molecular flexibility index (Phi) is 4.72. The summed E-state index contributed by atoms with van der Waals surface area (Å²) in [5.41, 5.74) is 0.890. The van der Waals surface area contributed by atoms with Gasteiger partial charge in [-0.15, -0.1) is 0 Å². The lowest BCUT2D eigenvalue weighted by molar-refractivity contribution is 0.0708. The van der Waals surface area contributed by atoms with E-state index < -0.39 is 5.60 Å². The molecule has 0 amide bonds. The highest BCUT2D eigenvalue weighted by Gasteiger charge is 2.20. The smallest absolute Gasteiger partial charge is 0.0603 e. The average molecular weight is 235 g/mol. The molecule has 0 saturated carbocycles. The van der Waals surface area contributed by atoms with Crippen LogP contribution in [0, 0.1) is 0 Å². The fourth-order valence-corrected chi connectivity index (χ4v) is 1.79. The molecule has 0 saturated heterocycles. The van der Waals surface area contributed by atoms with Gasteiger partial charge in [0.05, 0.1) is 5.60 Å². The van der Waals surface area contributed by atoms with E-state index in [1.807, 2.05) is 19.9 Å². The van der Waals surface area contributed by atoms with Crippen molar-refractivity contribution in [2.45, 2.75) is 45.1 Å². The van der Waals surface area contributed by atoms with Crippen molar-refractivity contribution in [2.24, 2.45) is 0 Å². The summed E-state index contributed by atoms with van der Waals surface area (Å²) in [6.07, 6.45) is 0.776. The Morgan fingerprint density at radius 3 is 2.18 bits per heavy atom. The third-order valence-electron chi connectivity index (χ3n) is 3.04. The second-order valence-electron chi connectivity index (χ2n) is 5.99. The van der Waals surface area contributed by atoms with Crippen LogP contribution in [0.1, 0.15) is 39.7 Å². The first kappa shape index (κ1) is 14.2. The molecular weight excluding hydrogens is 210 g/mol. The Balaban J connectivity index is 2.41. The van der Waals surface area contributed by atoms with Crippen LogP contribution in [0.4, 0.5) is 0 Å². The summed E-state index contributed by atoms with van der Waals surface area (Å²) in [4.78, 5) is 0. The van der Waals surface area contributed by atoms with E-state index in [1.165, 1.54) is 5.56 Å². The lowest BCUT2D eigenvalue weighted by Crippen LogP contribution is -2.35. The van der Waals surface area contributed by atoms with E-state index in [0.717, 1.165) is 19.5 Å². The molecule has 0 radical (unpaired) electrons. The number of aliphatic hydroxyl groups is 1. The van der Waals surface area contributed by atoms with Gasteiger partial charge in [0.2, 0.25) is 0 Å². The molecule has 1 aromatic carbocycles. The van der Waals surface area contributed by atoms with Crippen LogP contribution in [-0.4, -0.2) is 23.8 Å². The zero-order valence-electron chi connectivity index (χ0n) is 11.5. The molecule has 0 unspecified atom stereocenters. The summed E-state index contributed by atoms with van der Waals surface area (Å²) in [7, 11) is 0. The van der Waals surface area contributed by atoms with E-state index in [2.05, 4.69) is 43.4 Å². The molecule has 2 nitrogen and oxygen atoms in total. The van der Waals surface area contributed by atoms with E-state index in [1.54, 1.807) is 0 Å². The van der Waals surface area contributed by atoms with Gasteiger partial charge in [0, 0.05) is 12.0 Å². The second-order valence-corrected chi connectivity index (χ2v) is 5.99. The quantitative estimate of drug-likeness (QED) is 0.743. The highest BCUT2D eigenvalue weighted by molar-refractivity contribution is 5.23. The fraction of sp³-hybridized carbons (Fsp3) is 0.600. The van der Waals surface area contributed by atoms with E-state index in [-0.39, 0.29) is 5.41 Å². The first-order valence-electron chi connectivity index (χ1n) is 6.30. The van der Waals surface area contributed by atoms with Crippen LogP contribution < -0.4 is 5.32 Å². The summed E-state index contributed by atoms with van der Waals surface area (Å²) in [6.45, 7) is 9.93. The van der Waals surface area contributed by atoms with Crippen molar-refractivity contribution in [1.29, 1.82) is 0 Å². The zero-order valence-corrected chi connectivity index (χ0v) is 11.5. The van der Waals surface area contributed by atoms with Crippen LogP contribution in [0.15, 0.2) is 30.3 Å². The molecule has 0 spiro atoms. The largest absolute Gasteiger partial charge is 0.390 e. The second kappa shape index (κ2) is 5.65. The van der Waals surface area contributed by atoms with Crippen molar-refractivity contribution in [3.05, 3.63) is 35.9 Å². The van der Waals surface area contributed by atoms with Crippen LogP contribution in [0.3, 0.4) is 0 Å². The highest BCUT2D eigenvalue weighted by atomic mass is 16.3. The Bertz CT molecular complexity index is 325. The SMILES string of the molecule is CC(C)(O)CCNCC(C)(C)c1ccccc1. The molecule has 96 valence electrons. The number of hydrogen-bond acceptors (Lipinski definition) is 2. The van der Waals surface area contributed by atoms with Crippen LogP contribution in [0.2, 0.25) is 0 Å². The van der Waals surface area contributed by atoms with Crippen molar-refractivity contribution in [2.75, 3.05) is 13.1 Å². The zero-order chi connectivity index (χ0) is 12.9. The van der Waals surface area contributed by atoms with Gasteiger partial charge < -0.3 is 10.4 Å². The molecule has 2 N–H and O–H groups in total. The summed E-state index contributed by atoms with van der Waals surface area (Å²) in [5, 5.41) is 13.0. The van der Waals surface area contributed by atoms with Gasteiger partial charge in [0.25, 0.3) is 0 Å². The Morgan fingerprint density at radius 2 is 1.65 bits per heavy atom. The van der Waals surface area contributed by atoms with E-state index in [0.29, 0.717) is 0 Å². The maximum atomic E-state index is 9.62. The molecule has 0 bridgehead atoms. The molecular formula is C15H25NO. The van der Waals surface area contributed by atoms with Gasteiger partial charge in [-0.1, -0.05) is 44.2 Å². The monoisotopic (exact) mass is 235 g/mol. The Labute approximate surface area is 105 Å². The van der Waals surface area contributed by atoms with Crippen molar-refractivity contribution in [1.82, 2.24) is 5.32 Å². The van der Waals surface area contributed by atoms with Crippen LogP contribution in [0.5, 0.6) is 0 Å². The van der Waals surface area contributed by atoms with Gasteiger partial charge in [-0.3, -0.25) is 0 Å². The minimum Gasteiger partial charge on any atom is -0.390 e. The van der Waals surface area contributed by atoms with Crippen molar-refractivity contribution in [3.8, 4) is 0 Å². The minimum absolute atomic E-state index is 0.126. The molecule has 0 aromatic heterocycles. The first-order valence-corrected chi connectivity index (χ1v) is 6.30. The number of nitrogens with one attached hydrogen (secondary N) is 1. The predicted molar refractivity (Wildman–Crippen MR) is 73.3 cm³/mol. The Hall–Kier alpha value is -0.860. The lowest BCUT2D eigenvalue weighted by Gasteiger charge is -2.26.